The minimum Gasteiger partial charge on any atom is -0.465 e. The smallest absolute Gasteiger partial charge is 0.309 e. The zero-order valence-corrected chi connectivity index (χ0v) is 9.00. The van der Waals surface area contributed by atoms with Crippen LogP contribution in [0.1, 0.15) is 12.8 Å². The SMILES string of the molecule is O=C(OCCBr)C1CC2C=CC1C2. The highest BCUT2D eigenvalue weighted by atomic mass is 79.9. The molecule has 0 aliphatic heterocycles. The molecule has 0 spiro atoms. The molecule has 0 aromatic carbocycles. The minimum absolute atomic E-state index is 0.00343. The standard InChI is InChI=1S/C10H13BrO2/c11-3-4-13-10(12)9-6-7-1-2-8(9)5-7/h1-2,7-9H,3-6H2. The summed E-state index contributed by atoms with van der Waals surface area (Å²) in [6, 6.07) is 0. The van der Waals surface area contributed by atoms with E-state index in [4.69, 9.17) is 4.74 Å². The molecule has 2 aliphatic carbocycles. The number of ether oxygens (including phenoxy) is 1. The molecular formula is C10H13BrO2. The largest absolute Gasteiger partial charge is 0.465 e. The van der Waals surface area contributed by atoms with Crippen LogP contribution >= 0.6 is 15.9 Å². The summed E-state index contributed by atoms with van der Waals surface area (Å²) in [6.07, 6.45) is 6.57. The minimum atomic E-state index is -0.00343. The van der Waals surface area contributed by atoms with Gasteiger partial charge in [-0.15, -0.1) is 0 Å². The molecule has 2 aliphatic rings. The van der Waals surface area contributed by atoms with E-state index in [0.717, 1.165) is 18.2 Å². The average molecular weight is 245 g/mol. The maximum Gasteiger partial charge on any atom is 0.309 e. The molecule has 0 saturated heterocycles. The summed E-state index contributed by atoms with van der Waals surface area (Å²) in [6.45, 7) is 0.496. The molecule has 2 rings (SSSR count). The van der Waals surface area contributed by atoms with Gasteiger partial charge < -0.3 is 4.74 Å². The van der Waals surface area contributed by atoms with E-state index < -0.39 is 0 Å². The van der Waals surface area contributed by atoms with Crippen molar-refractivity contribution in [1.29, 1.82) is 0 Å². The van der Waals surface area contributed by atoms with Crippen LogP contribution in [-0.2, 0) is 9.53 Å². The quantitative estimate of drug-likeness (QED) is 0.432. The Morgan fingerprint density at radius 2 is 2.31 bits per heavy atom. The van der Waals surface area contributed by atoms with Gasteiger partial charge in [0.25, 0.3) is 0 Å². The Labute approximate surface area is 86.5 Å². The van der Waals surface area contributed by atoms with E-state index in [9.17, 15) is 4.79 Å². The van der Waals surface area contributed by atoms with Crippen LogP contribution in [0.15, 0.2) is 12.2 Å². The molecule has 0 aromatic rings. The van der Waals surface area contributed by atoms with Gasteiger partial charge >= 0.3 is 5.97 Å². The van der Waals surface area contributed by atoms with Gasteiger partial charge in [-0.25, -0.2) is 0 Å². The second-order valence-corrected chi connectivity index (χ2v) is 4.54. The number of hydrogen-bond acceptors (Lipinski definition) is 2. The molecular weight excluding hydrogens is 232 g/mol. The number of esters is 1. The van der Waals surface area contributed by atoms with Crippen molar-refractivity contribution in [2.45, 2.75) is 12.8 Å². The van der Waals surface area contributed by atoms with Gasteiger partial charge in [-0.2, -0.15) is 0 Å². The van der Waals surface area contributed by atoms with Crippen molar-refractivity contribution in [3.63, 3.8) is 0 Å². The van der Waals surface area contributed by atoms with Gasteiger partial charge in [0.1, 0.15) is 6.61 Å². The molecule has 72 valence electrons. The third-order valence-electron chi connectivity index (χ3n) is 2.90. The lowest BCUT2D eigenvalue weighted by molar-refractivity contribution is -0.148. The number of alkyl halides is 1. The molecule has 2 bridgehead atoms. The van der Waals surface area contributed by atoms with E-state index in [1.807, 2.05) is 0 Å². The second-order valence-electron chi connectivity index (χ2n) is 3.74. The highest BCUT2D eigenvalue weighted by Crippen LogP contribution is 2.43. The van der Waals surface area contributed by atoms with E-state index in [-0.39, 0.29) is 11.9 Å². The maximum atomic E-state index is 11.5. The first-order chi connectivity index (χ1) is 6.31. The van der Waals surface area contributed by atoms with Crippen LogP contribution in [-0.4, -0.2) is 17.9 Å². The fraction of sp³-hybridized carbons (Fsp3) is 0.700. The van der Waals surface area contributed by atoms with E-state index >= 15 is 0 Å². The van der Waals surface area contributed by atoms with Crippen LogP contribution in [0.4, 0.5) is 0 Å². The van der Waals surface area contributed by atoms with Crippen molar-refractivity contribution in [2.24, 2.45) is 17.8 Å². The lowest BCUT2D eigenvalue weighted by Gasteiger charge is -2.15. The number of hydrogen-bond donors (Lipinski definition) is 0. The van der Waals surface area contributed by atoms with E-state index in [0.29, 0.717) is 18.4 Å². The van der Waals surface area contributed by atoms with Crippen molar-refractivity contribution in [3.05, 3.63) is 12.2 Å². The molecule has 1 fully saturated rings. The predicted molar refractivity (Wildman–Crippen MR) is 53.6 cm³/mol. The first-order valence-electron chi connectivity index (χ1n) is 4.72. The molecule has 3 atom stereocenters. The van der Waals surface area contributed by atoms with Crippen LogP contribution in [0.5, 0.6) is 0 Å². The molecule has 0 radical (unpaired) electrons. The molecule has 3 heteroatoms. The normalized spacial score (nSPS) is 35.3. The van der Waals surface area contributed by atoms with E-state index in [1.165, 1.54) is 0 Å². The van der Waals surface area contributed by atoms with Gasteiger partial charge in [0.2, 0.25) is 0 Å². The van der Waals surface area contributed by atoms with Crippen LogP contribution in [0, 0.1) is 17.8 Å². The fourth-order valence-corrected chi connectivity index (χ4v) is 2.46. The monoisotopic (exact) mass is 244 g/mol. The van der Waals surface area contributed by atoms with Gasteiger partial charge in [-0.1, -0.05) is 28.1 Å². The van der Waals surface area contributed by atoms with Crippen LogP contribution in [0.2, 0.25) is 0 Å². The van der Waals surface area contributed by atoms with Crippen LogP contribution in [0.3, 0.4) is 0 Å². The number of fused-ring (bicyclic) bond motifs is 2. The summed E-state index contributed by atoms with van der Waals surface area (Å²) < 4.78 is 5.11. The lowest BCUT2D eigenvalue weighted by Crippen LogP contribution is -2.22. The van der Waals surface area contributed by atoms with Crippen molar-refractivity contribution in [3.8, 4) is 0 Å². The zero-order chi connectivity index (χ0) is 9.26. The molecule has 0 heterocycles. The Morgan fingerprint density at radius 1 is 1.46 bits per heavy atom. The summed E-state index contributed by atoms with van der Waals surface area (Å²) in [5.74, 6) is 1.25. The van der Waals surface area contributed by atoms with Crippen LogP contribution < -0.4 is 0 Å². The first kappa shape index (κ1) is 9.25. The highest BCUT2D eigenvalue weighted by Gasteiger charge is 2.40. The van der Waals surface area contributed by atoms with Crippen molar-refractivity contribution < 1.29 is 9.53 Å². The second kappa shape index (κ2) is 3.82. The topological polar surface area (TPSA) is 26.3 Å². The lowest BCUT2D eigenvalue weighted by atomic mass is 9.94. The number of rotatable bonds is 3. The molecule has 3 unspecified atom stereocenters. The Balaban J connectivity index is 1.88. The van der Waals surface area contributed by atoms with Gasteiger partial charge in [-0.05, 0) is 24.7 Å². The van der Waals surface area contributed by atoms with E-state index in [2.05, 4.69) is 28.1 Å². The Hall–Kier alpha value is -0.310. The molecule has 0 amide bonds. The van der Waals surface area contributed by atoms with Crippen molar-refractivity contribution >= 4 is 21.9 Å². The Bertz CT molecular complexity index is 237. The summed E-state index contributed by atoms with van der Waals surface area (Å²) in [5, 5.41) is 0.732. The van der Waals surface area contributed by atoms with Gasteiger partial charge in [0, 0.05) is 5.33 Å². The zero-order valence-electron chi connectivity index (χ0n) is 7.41. The molecule has 0 N–H and O–H groups in total. The number of carbonyl (C=O) groups excluding carboxylic acids is 1. The van der Waals surface area contributed by atoms with E-state index in [1.54, 1.807) is 0 Å². The summed E-state index contributed by atoms with van der Waals surface area (Å²) in [4.78, 5) is 11.5. The highest BCUT2D eigenvalue weighted by molar-refractivity contribution is 9.09. The van der Waals surface area contributed by atoms with Crippen LogP contribution in [0.25, 0.3) is 0 Å². The summed E-state index contributed by atoms with van der Waals surface area (Å²) in [5.41, 5.74) is 0. The summed E-state index contributed by atoms with van der Waals surface area (Å²) in [7, 11) is 0. The predicted octanol–water partition coefficient (Wildman–Crippen LogP) is 2.14. The Kier molecular flexibility index (Phi) is 2.72. The van der Waals surface area contributed by atoms with Gasteiger partial charge in [0.15, 0.2) is 0 Å². The number of allylic oxidation sites excluding steroid dienone is 2. The Morgan fingerprint density at radius 3 is 2.85 bits per heavy atom. The van der Waals surface area contributed by atoms with Gasteiger partial charge in [-0.3, -0.25) is 4.79 Å². The third kappa shape index (κ3) is 1.80. The third-order valence-corrected chi connectivity index (χ3v) is 3.23. The molecule has 1 saturated carbocycles. The van der Waals surface area contributed by atoms with Crippen molar-refractivity contribution in [1.82, 2.24) is 0 Å². The summed E-state index contributed by atoms with van der Waals surface area (Å²) >= 11 is 3.24. The fourth-order valence-electron chi connectivity index (χ4n) is 2.30. The molecule has 2 nitrogen and oxygen atoms in total. The van der Waals surface area contributed by atoms with Crippen molar-refractivity contribution in [2.75, 3.05) is 11.9 Å². The molecule has 13 heavy (non-hydrogen) atoms. The number of halogens is 1. The first-order valence-corrected chi connectivity index (χ1v) is 5.84. The number of carbonyl (C=O) groups is 1. The van der Waals surface area contributed by atoms with Gasteiger partial charge in [0.05, 0.1) is 5.92 Å². The molecule has 0 aromatic heterocycles. The average Bonchev–Trinajstić information content (AvgIpc) is 2.74. The maximum absolute atomic E-state index is 11.5.